The molecule has 0 bridgehead atoms. The maximum atomic E-state index is 13.4. The second kappa shape index (κ2) is 13.5. The fourth-order valence-corrected chi connectivity index (χ4v) is 4.17. The Morgan fingerprint density at radius 2 is 2.00 bits per heavy atom. The van der Waals surface area contributed by atoms with Crippen molar-refractivity contribution in [3.63, 3.8) is 0 Å². The van der Waals surface area contributed by atoms with Crippen molar-refractivity contribution < 1.29 is 23.5 Å². The summed E-state index contributed by atoms with van der Waals surface area (Å²) in [5.41, 5.74) is 3.16. The number of halogens is 2. The Bertz CT molecular complexity index is 1440. The summed E-state index contributed by atoms with van der Waals surface area (Å²) >= 11 is 6.46. The van der Waals surface area contributed by atoms with Crippen LogP contribution in [0.15, 0.2) is 60.0 Å². The number of amides is 1. The molecule has 1 aliphatic carbocycles. The van der Waals surface area contributed by atoms with E-state index in [-0.39, 0.29) is 25.1 Å². The van der Waals surface area contributed by atoms with E-state index in [0.717, 1.165) is 11.3 Å². The number of hydrogen-bond acceptors (Lipinski definition) is 8. The van der Waals surface area contributed by atoms with Gasteiger partial charge in [-0.15, -0.1) is 0 Å². The van der Waals surface area contributed by atoms with Crippen molar-refractivity contribution in [1.82, 2.24) is 14.9 Å². The predicted octanol–water partition coefficient (Wildman–Crippen LogP) is 6.79. The molecule has 1 heterocycles. The summed E-state index contributed by atoms with van der Waals surface area (Å²) in [4.78, 5) is 28.2. The molecule has 216 valence electrons. The molecule has 0 spiro atoms. The van der Waals surface area contributed by atoms with Crippen molar-refractivity contribution in [2.75, 3.05) is 25.0 Å². The van der Waals surface area contributed by atoms with E-state index >= 15 is 0 Å². The Morgan fingerprint density at radius 3 is 2.73 bits per heavy atom. The molecule has 0 radical (unpaired) electrons. The number of allylic oxidation sites excluding steroid dienone is 1. The molecule has 1 aliphatic rings. The molecule has 1 aromatic heterocycles. The number of carbonyl (C=O) groups is 1. The molecule has 0 fully saturated rings. The van der Waals surface area contributed by atoms with E-state index in [1.54, 1.807) is 29.2 Å². The number of nitrogens with one attached hydrogen (secondary N) is 1. The lowest BCUT2D eigenvalue weighted by Crippen LogP contribution is -2.38. The summed E-state index contributed by atoms with van der Waals surface area (Å²) < 4.78 is 24.6. The molecule has 0 saturated heterocycles. The van der Waals surface area contributed by atoms with Crippen LogP contribution in [0.25, 0.3) is 6.08 Å². The Kier molecular flexibility index (Phi) is 9.78. The van der Waals surface area contributed by atoms with E-state index in [2.05, 4.69) is 20.4 Å². The molecule has 1 amide bonds. The van der Waals surface area contributed by atoms with E-state index < -0.39 is 5.60 Å². The van der Waals surface area contributed by atoms with Crippen LogP contribution in [0.2, 0.25) is 5.02 Å². The van der Waals surface area contributed by atoms with Gasteiger partial charge in [-0.1, -0.05) is 28.9 Å². The van der Waals surface area contributed by atoms with Gasteiger partial charge in [0.15, 0.2) is 0 Å². The van der Waals surface area contributed by atoms with E-state index in [0.29, 0.717) is 53.1 Å². The van der Waals surface area contributed by atoms with Crippen LogP contribution in [0.1, 0.15) is 44.5 Å². The number of likely N-dealkylation sites (N-methyl/N-ethyl adjacent to an activating group) is 1. The highest BCUT2D eigenvalue weighted by Gasteiger charge is 2.21. The van der Waals surface area contributed by atoms with E-state index in [1.807, 2.05) is 45.9 Å². The highest BCUT2D eigenvalue weighted by atomic mass is 35.5. The summed E-state index contributed by atoms with van der Waals surface area (Å²) in [5, 5.41) is 7.95. The molecule has 2 aromatic carbocycles. The van der Waals surface area contributed by atoms with Crippen molar-refractivity contribution in [1.29, 1.82) is 0 Å². The molecule has 1 N–H and O–H groups in total. The minimum atomic E-state index is -0.564. The standard InChI is InChI=1S/C30H33ClFN5O4/c1-5-37(29(38)41-30(2,3)4)13-14-40-36-23-9-11-26-24(16-23)28(34-19-33-26)35-22-10-12-27(25(31)17-22)39-18-20-7-6-8-21(32)15-20/h6-12,15,17,19H,5,13-14,16,18H2,1-4H3,(H,33,34,35). The molecule has 4 rings (SSSR count). The van der Waals surface area contributed by atoms with Crippen molar-refractivity contribution in [3.8, 4) is 5.75 Å². The molecule has 3 aromatic rings. The van der Waals surface area contributed by atoms with Crippen LogP contribution in [0.4, 0.5) is 20.7 Å². The van der Waals surface area contributed by atoms with Gasteiger partial charge in [-0.2, -0.15) is 0 Å². The number of aromatic nitrogens is 2. The molecule has 0 atom stereocenters. The highest BCUT2D eigenvalue weighted by Crippen LogP contribution is 2.31. The number of fused-ring (bicyclic) bond motifs is 1. The molecule has 11 heteroatoms. The number of oxime groups is 1. The quantitative estimate of drug-likeness (QED) is 0.208. The summed E-state index contributed by atoms with van der Waals surface area (Å²) in [5.74, 6) is 0.772. The third-order valence-electron chi connectivity index (χ3n) is 5.92. The molecule has 0 unspecified atom stereocenters. The van der Waals surface area contributed by atoms with Crippen molar-refractivity contribution in [2.24, 2.45) is 5.16 Å². The van der Waals surface area contributed by atoms with Crippen LogP contribution in [-0.2, 0) is 22.6 Å². The Hall–Kier alpha value is -4.18. The van der Waals surface area contributed by atoms with Crippen molar-refractivity contribution >= 4 is 41.0 Å². The first-order chi connectivity index (χ1) is 19.6. The minimum absolute atomic E-state index is 0.192. The lowest BCUT2D eigenvalue weighted by Gasteiger charge is -2.26. The number of hydrogen-bond donors (Lipinski definition) is 1. The van der Waals surface area contributed by atoms with Gasteiger partial charge < -0.3 is 24.5 Å². The second-order valence-electron chi connectivity index (χ2n) is 10.3. The number of nitrogens with zero attached hydrogens (tertiary/aromatic N) is 4. The lowest BCUT2D eigenvalue weighted by molar-refractivity contribution is 0.0191. The second-order valence-corrected chi connectivity index (χ2v) is 10.7. The van der Waals surface area contributed by atoms with Gasteiger partial charge in [0.25, 0.3) is 0 Å². The average Bonchev–Trinajstić information content (AvgIpc) is 2.92. The third kappa shape index (κ3) is 8.65. The number of rotatable bonds is 10. The van der Waals surface area contributed by atoms with Crippen LogP contribution in [0, 0.1) is 5.82 Å². The van der Waals surface area contributed by atoms with E-state index in [4.69, 9.17) is 25.9 Å². The Morgan fingerprint density at radius 1 is 1.17 bits per heavy atom. The lowest BCUT2D eigenvalue weighted by atomic mass is 10.0. The molecule has 0 saturated carbocycles. The van der Waals surface area contributed by atoms with Gasteiger partial charge in [0.2, 0.25) is 0 Å². The number of anilines is 2. The zero-order valence-electron chi connectivity index (χ0n) is 23.5. The van der Waals surface area contributed by atoms with Gasteiger partial charge in [-0.05, 0) is 75.7 Å². The first-order valence-electron chi connectivity index (χ1n) is 13.2. The summed E-state index contributed by atoms with van der Waals surface area (Å²) in [7, 11) is 0. The van der Waals surface area contributed by atoms with Crippen LogP contribution in [0.5, 0.6) is 5.75 Å². The van der Waals surface area contributed by atoms with Gasteiger partial charge >= 0.3 is 6.09 Å². The van der Waals surface area contributed by atoms with Crippen LogP contribution < -0.4 is 10.1 Å². The summed E-state index contributed by atoms with van der Waals surface area (Å²) in [6.45, 7) is 8.63. The van der Waals surface area contributed by atoms with Gasteiger partial charge in [-0.3, -0.25) is 0 Å². The summed E-state index contributed by atoms with van der Waals surface area (Å²) in [6.07, 6.45) is 5.23. The summed E-state index contributed by atoms with van der Waals surface area (Å²) in [6, 6.07) is 11.5. The monoisotopic (exact) mass is 581 g/mol. The smallest absolute Gasteiger partial charge is 0.410 e. The number of carbonyl (C=O) groups excluding carboxylic acids is 1. The van der Waals surface area contributed by atoms with Crippen LogP contribution in [-0.4, -0.2) is 52.0 Å². The normalized spacial score (nSPS) is 13.5. The molecular weight excluding hydrogens is 549 g/mol. The van der Waals surface area contributed by atoms with E-state index in [9.17, 15) is 9.18 Å². The van der Waals surface area contributed by atoms with E-state index in [1.165, 1.54) is 18.5 Å². The fourth-order valence-electron chi connectivity index (χ4n) is 3.93. The van der Waals surface area contributed by atoms with Crippen LogP contribution in [0.3, 0.4) is 0 Å². The molecule has 0 aliphatic heterocycles. The predicted molar refractivity (Wildman–Crippen MR) is 157 cm³/mol. The van der Waals surface area contributed by atoms with Gasteiger partial charge in [0.1, 0.15) is 42.5 Å². The Balaban J connectivity index is 1.36. The maximum Gasteiger partial charge on any atom is 0.410 e. The van der Waals surface area contributed by atoms with Crippen molar-refractivity contribution in [3.05, 3.63) is 82.5 Å². The average molecular weight is 582 g/mol. The first-order valence-corrected chi connectivity index (χ1v) is 13.6. The van der Waals surface area contributed by atoms with Crippen molar-refractivity contribution in [2.45, 2.75) is 46.3 Å². The van der Waals surface area contributed by atoms with Gasteiger partial charge in [0.05, 0.1) is 23.0 Å². The third-order valence-corrected chi connectivity index (χ3v) is 6.21. The Labute approximate surface area is 244 Å². The first kappa shape index (κ1) is 29.8. The topological polar surface area (TPSA) is 98.2 Å². The fraction of sp³-hybridized carbons (Fsp3) is 0.333. The zero-order valence-corrected chi connectivity index (χ0v) is 24.2. The maximum absolute atomic E-state index is 13.4. The SMILES string of the molecule is CCN(CCON=C1C=Cc2ncnc(Nc3ccc(OCc4cccc(F)c4)c(Cl)c3)c2C1)C(=O)OC(C)(C)C. The minimum Gasteiger partial charge on any atom is -0.487 e. The number of ether oxygens (including phenoxy) is 2. The number of benzene rings is 2. The zero-order chi connectivity index (χ0) is 29.4. The molecule has 9 nitrogen and oxygen atoms in total. The van der Waals surface area contributed by atoms with Gasteiger partial charge in [0, 0.05) is 24.2 Å². The largest absolute Gasteiger partial charge is 0.487 e. The highest BCUT2D eigenvalue weighted by molar-refractivity contribution is 6.32. The van der Waals surface area contributed by atoms with Gasteiger partial charge in [-0.25, -0.2) is 19.2 Å². The van der Waals surface area contributed by atoms with Crippen LogP contribution >= 0.6 is 11.6 Å². The molecular formula is C30H33ClFN5O4. The molecule has 41 heavy (non-hydrogen) atoms.